The number of carbonyl (C=O) groups is 3. The second-order valence-corrected chi connectivity index (χ2v) is 9.68. The Hall–Kier alpha value is -1.67. The first kappa shape index (κ1) is 24.0. The molecule has 3 amide bonds. The Balaban J connectivity index is 1.94. The Labute approximate surface area is 185 Å². The van der Waals surface area contributed by atoms with Crippen molar-refractivity contribution in [2.45, 2.75) is 95.9 Å². The lowest BCUT2D eigenvalue weighted by Crippen LogP contribution is -2.56. The van der Waals surface area contributed by atoms with Gasteiger partial charge in [-0.25, -0.2) is 0 Å². The van der Waals surface area contributed by atoms with Crippen LogP contribution in [0.4, 0.5) is 0 Å². The number of fused-ring (bicyclic) bond motifs is 1. The summed E-state index contributed by atoms with van der Waals surface area (Å²) in [6.45, 7) is 8.91. The van der Waals surface area contributed by atoms with Gasteiger partial charge in [0.15, 0.2) is 0 Å². The van der Waals surface area contributed by atoms with Crippen LogP contribution < -0.4 is 10.6 Å². The molecule has 3 unspecified atom stereocenters. The van der Waals surface area contributed by atoms with E-state index in [0.717, 1.165) is 19.3 Å². The molecule has 3 N–H and O–H groups in total. The van der Waals surface area contributed by atoms with E-state index in [2.05, 4.69) is 17.6 Å². The molecule has 3 saturated heterocycles. The highest BCUT2D eigenvalue weighted by Gasteiger charge is 2.77. The van der Waals surface area contributed by atoms with E-state index in [0.29, 0.717) is 38.8 Å². The number of hydrogen-bond acceptors (Lipinski definition) is 5. The first-order valence-corrected chi connectivity index (χ1v) is 11.9. The Morgan fingerprint density at radius 1 is 1.23 bits per heavy atom. The van der Waals surface area contributed by atoms with Crippen molar-refractivity contribution in [2.24, 2.45) is 11.8 Å². The van der Waals surface area contributed by atoms with Crippen LogP contribution in [0.1, 0.15) is 72.6 Å². The average Bonchev–Trinajstić information content (AvgIpc) is 3.27. The van der Waals surface area contributed by atoms with Gasteiger partial charge >= 0.3 is 0 Å². The van der Waals surface area contributed by atoms with Gasteiger partial charge in [0.1, 0.15) is 11.6 Å². The molecule has 0 radical (unpaired) electrons. The SMILES string of the molecule is CCCNC(=O)[C@@H]1[C@H]2C(=O)N(CCCCO)C(C(=O)NC(C)CCC)C23CC[C@@]1(C)O3. The largest absolute Gasteiger partial charge is 0.396 e. The fraction of sp³-hybridized carbons (Fsp3) is 0.870. The number of nitrogens with zero attached hydrogens (tertiary/aromatic N) is 1. The highest BCUT2D eigenvalue weighted by atomic mass is 16.5. The quantitative estimate of drug-likeness (QED) is 0.423. The summed E-state index contributed by atoms with van der Waals surface area (Å²) in [6, 6.07) is -0.742. The molecule has 176 valence electrons. The minimum Gasteiger partial charge on any atom is -0.396 e. The third-order valence-electron chi connectivity index (χ3n) is 7.27. The number of rotatable bonds is 11. The minimum atomic E-state index is -0.963. The third kappa shape index (κ3) is 4.09. The highest BCUT2D eigenvalue weighted by Crippen LogP contribution is 2.63. The fourth-order valence-corrected chi connectivity index (χ4v) is 5.95. The van der Waals surface area contributed by atoms with Crippen LogP contribution in [0.3, 0.4) is 0 Å². The van der Waals surface area contributed by atoms with E-state index in [1.807, 2.05) is 20.8 Å². The number of ether oxygens (including phenoxy) is 1. The monoisotopic (exact) mass is 437 g/mol. The Kier molecular flexibility index (Phi) is 7.31. The van der Waals surface area contributed by atoms with Crippen molar-refractivity contribution in [3.05, 3.63) is 0 Å². The van der Waals surface area contributed by atoms with Crippen LogP contribution in [0.5, 0.6) is 0 Å². The lowest BCUT2D eigenvalue weighted by Gasteiger charge is -2.34. The average molecular weight is 438 g/mol. The summed E-state index contributed by atoms with van der Waals surface area (Å²) in [5.74, 6) is -1.75. The summed E-state index contributed by atoms with van der Waals surface area (Å²) >= 11 is 0. The molecule has 0 aromatic carbocycles. The Morgan fingerprint density at radius 2 is 1.97 bits per heavy atom. The number of likely N-dealkylation sites (tertiary alicyclic amines) is 1. The molecule has 3 aliphatic rings. The second kappa shape index (κ2) is 9.45. The molecule has 2 bridgehead atoms. The summed E-state index contributed by atoms with van der Waals surface area (Å²) in [5, 5.41) is 15.2. The summed E-state index contributed by atoms with van der Waals surface area (Å²) in [5.41, 5.74) is -1.70. The van der Waals surface area contributed by atoms with Crippen LogP contribution in [-0.4, -0.2) is 70.7 Å². The van der Waals surface area contributed by atoms with Crippen molar-refractivity contribution < 1.29 is 24.2 Å². The molecule has 3 aliphatic heterocycles. The van der Waals surface area contributed by atoms with E-state index < -0.39 is 29.1 Å². The van der Waals surface area contributed by atoms with Gasteiger partial charge in [0, 0.05) is 25.7 Å². The van der Waals surface area contributed by atoms with E-state index in [1.54, 1.807) is 4.90 Å². The van der Waals surface area contributed by atoms with Gasteiger partial charge in [-0.3, -0.25) is 14.4 Å². The Morgan fingerprint density at radius 3 is 2.61 bits per heavy atom. The normalized spacial score (nSPS) is 34.7. The van der Waals surface area contributed by atoms with Gasteiger partial charge in [-0.1, -0.05) is 20.3 Å². The van der Waals surface area contributed by atoms with Crippen LogP contribution in [0.2, 0.25) is 0 Å². The maximum atomic E-state index is 13.6. The molecular weight excluding hydrogens is 398 g/mol. The van der Waals surface area contributed by atoms with Gasteiger partial charge in [-0.2, -0.15) is 0 Å². The smallest absolute Gasteiger partial charge is 0.246 e. The fourth-order valence-electron chi connectivity index (χ4n) is 5.95. The van der Waals surface area contributed by atoms with Crippen LogP contribution in [0.15, 0.2) is 0 Å². The van der Waals surface area contributed by atoms with Gasteiger partial charge in [0.05, 0.1) is 17.4 Å². The van der Waals surface area contributed by atoms with E-state index in [1.165, 1.54) is 0 Å². The van der Waals surface area contributed by atoms with Crippen molar-refractivity contribution in [3.63, 3.8) is 0 Å². The van der Waals surface area contributed by atoms with E-state index >= 15 is 0 Å². The van der Waals surface area contributed by atoms with Crippen LogP contribution in [-0.2, 0) is 19.1 Å². The summed E-state index contributed by atoms with van der Waals surface area (Å²) in [4.78, 5) is 41.8. The molecule has 8 heteroatoms. The highest BCUT2D eigenvalue weighted by molar-refractivity contribution is 5.99. The number of unbranched alkanes of at least 4 members (excludes halogenated alkanes) is 1. The van der Waals surface area contributed by atoms with E-state index in [9.17, 15) is 19.5 Å². The predicted molar refractivity (Wildman–Crippen MR) is 116 cm³/mol. The zero-order valence-electron chi connectivity index (χ0n) is 19.4. The molecule has 0 aliphatic carbocycles. The summed E-state index contributed by atoms with van der Waals surface area (Å²) in [7, 11) is 0. The lowest BCUT2D eigenvalue weighted by atomic mass is 9.66. The van der Waals surface area contributed by atoms with Crippen LogP contribution in [0, 0.1) is 11.8 Å². The molecule has 31 heavy (non-hydrogen) atoms. The number of aliphatic hydroxyl groups excluding tert-OH is 1. The topological polar surface area (TPSA) is 108 Å². The zero-order chi connectivity index (χ0) is 22.8. The molecule has 3 fully saturated rings. The van der Waals surface area contributed by atoms with Gasteiger partial charge < -0.3 is 25.4 Å². The third-order valence-corrected chi connectivity index (χ3v) is 7.27. The predicted octanol–water partition coefficient (Wildman–Crippen LogP) is 1.35. The maximum absolute atomic E-state index is 13.6. The number of hydrogen-bond donors (Lipinski definition) is 3. The molecule has 3 rings (SSSR count). The zero-order valence-corrected chi connectivity index (χ0v) is 19.4. The first-order chi connectivity index (χ1) is 14.8. The standard InChI is InChI=1S/C23H39N3O5/c1-5-9-15(3)25-20(29)18-23-11-10-22(4,31-23)16(19(28)24-12-6-2)17(23)21(30)26(18)13-7-8-14-27/h15-18,27H,5-14H2,1-4H3,(H,24,28)(H,25,29)/t15?,16-,17-,18?,22+,23?/m0/s1. The van der Waals surface area contributed by atoms with Crippen molar-refractivity contribution in [2.75, 3.05) is 19.7 Å². The second-order valence-electron chi connectivity index (χ2n) is 9.68. The first-order valence-electron chi connectivity index (χ1n) is 11.9. The van der Waals surface area contributed by atoms with Gasteiger partial charge in [0.2, 0.25) is 17.7 Å². The van der Waals surface area contributed by atoms with Gasteiger partial charge in [0.25, 0.3) is 0 Å². The van der Waals surface area contributed by atoms with Crippen LogP contribution >= 0.6 is 0 Å². The minimum absolute atomic E-state index is 0.000170. The van der Waals surface area contributed by atoms with Crippen molar-refractivity contribution >= 4 is 17.7 Å². The number of carbonyl (C=O) groups excluding carboxylic acids is 3. The number of amides is 3. The Bertz CT molecular complexity index is 701. The lowest BCUT2D eigenvalue weighted by molar-refractivity contribution is -0.146. The summed E-state index contributed by atoms with van der Waals surface area (Å²) in [6.07, 6.45) is 5.02. The summed E-state index contributed by atoms with van der Waals surface area (Å²) < 4.78 is 6.53. The molecule has 1 spiro atoms. The molecule has 0 saturated carbocycles. The molecule has 3 heterocycles. The van der Waals surface area contributed by atoms with Crippen LogP contribution in [0.25, 0.3) is 0 Å². The molecule has 6 atom stereocenters. The maximum Gasteiger partial charge on any atom is 0.246 e. The van der Waals surface area contributed by atoms with Gasteiger partial charge in [-0.15, -0.1) is 0 Å². The van der Waals surface area contributed by atoms with E-state index in [4.69, 9.17) is 4.74 Å². The van der Waals surface area contributed by atoms with Gasteiger partial charge in [-0.05, 0) is 52.4 Å². The van der Waals surface area contributed by atoms with E-state index in [-0.39, 0.29) is 30.4 Å². The van der Waals surface area contributed by atoms with Crippen molar-refractivity contribution in [1.82, 2.24) is 15.5 Å². The number of nitrogens with one attached hydrogen (secondary N) is 2. The number of aliphatic hydroxyl groups is 1. The molecule has 0 aromatic rings. The molecular formula is C23H39N3O5. The van der Waals surface area contributed by atoms with Crippen molar-refractivity contribution in [1.29, 1.82) is 0 Å². The van der Waals surface area contributed by atoms with Crippen molar-refractivity contribution in [3.8, 4) is 0 Å². The molecule has 8 nitrogen and oxygen atoms in total. The molecule has 0 aromatic heterocycles.